The van der Waals surface area contributed by atoms with Gasteiger partial charge in [0.05, 0.1) is 29.0 Å². The van der Waals surface area contributed by atoms with Gasteiger partial charge in [-0.25, -0.2) is 15.0 Å². The normalized spacial score (nSPS) is 10.8. The third-order valence-corrected chi connectivity index (χ3v) is 3.52. The summed E-state index contributed by atoms with van der Waals surface area (Å²) < 4.78 is 6.35. The van der Waals surface area contributed by atoms with Gasteiger partial charge in [-0.2, -0.15) is 0 Å². The van der Waals surface area contributed by atoms with Crippen LogP contribution in [0.4, 0.5) is 0 Å². The third-order valence-electron chi connectivity index (χ3n) is 2.55. The fourth-order valence-electron chi connectivity index (χ4n) is 1.71. The largest absolute Gasteiger partial charge is 0.493 e. The van der Waals surface area contributed by atoms with Gasteiger partial charge in [0.25, 0.3) is 0 Å². The van der Waals surface area contributed by atoms with Gasteiger partial charge in [-0.3, -0.25) is 0 Å². The first-order valence-electron chi connectivity index (χ1n) is 5.18. The smallest absolute Gasteiger partial charge is 0.223 e. The number of rotatable bonds is 2. The number of thiazole rings is 1. The van der Waals surface area contributed by atoms with Gasteiger partial charge in [0.1, 0.15) is 5.69 Å². The predicted molar refractivity (Wildman–Crippen MR) is 72.2 cm³/mol. The van der Waals surface area contributed by atoms with Crippen LogP contribution in [0, 0.1) is 0 Å². The SMILES string of the molecule is COc1cnc(Cl)nc1-c1ccc2ncsc2c1. The molecule has 0 fully saturated rings. The van der Waals surface area contributed by atoms with E-state index in [2.05, 4.69) is 15.0 Å². The molecule has 3 aromatic rings. The fourth-order valence-corrected chi connectivity index (χ4v) is 2.56. The zero-order valence-corrected chi connectivity index (χ0v) is 11.0. The maximum atomic E-state index is 5.83. The van der Waals surface area contributed by atoms with Gasteiger partial charge in [-0.1, -0.05) is 6.07 Å². The van der Waals surface area contributed by atoms with Crippen LogP contribution < -0.4 is 4.74 Å². The standard InChI is InChI=1S/C12H8ClN3OS/c1-17-9-5-14-12(13)16-11(9)7-2-3-8-10(4-7)18-6-15-8/h2-6H,1H3. The maximum Gasteiger partial charge on any atom is 0.223 e. The number of methoxy groups -OCH3 is 1. The van der Waals surface area contributed by atoms with Crippen LogP contribution in [0.25, 0.3) is 21.5 Å². The molecule has 0 atom stereocenters. The van der Waals surface area contributed by atoms with Crippen molar-refractivity contribution < 1.29 is 4.74 Å². The Bertz CT molecular complexity index is 713. The fraction of sp³-hybridized carbons (Fsp3) is 0.0833. The highest BCUT2D eigenvalue weighted by atomic mass is 35.5. The van der Waals surface area contributed by atoms with Crippen molar-refractivity contribution >= 4 is 33.2 Å². The Morgan fingerprint density at radius 3 is 3.00 bits per heavy atom. The molecule has 3 rings (SSSR count). The van der Waals surface area contributed by atoms with Gasteiger partial charge in [0, 0.05) is 5.56 Å². The summed E-state index contributed by atoms with van der Waals surface area (Å²) in [6.07, 6.45) is 1.57. The van der Waals surface area contributed by atoms with Crippen LogP contribution in [0.5, 0.6) is 5.75 Å². The molecule has 2 aromatic heterocycles. The second kappa shape index (κ2) is 4.51. The molecule has 0 aliphatic carbocycles. The molecule has 2 heterocycles. The maximum absolute atomic E-state index is 5.83. The van der Waals surface area contributed by atoms with E-state index in [1.165, 1.54) is 0 Å². The number of hydrogen-bond donors (Lipinski definition) is 0. The molecule has 0 saturated heterocycles. The monoisotopic (exact) mass is 277 g/mol. The van der Waals surface area contributed by atoms with Crippen LogP contribution >= 0.6 is 22.9 Å². The van der Waals surface area contributed by atoms with Crippen LogP contribution in [0.1, 0.15) is 0 Å². The lowest BCUT2D eigenvalue weighted by Gasteiger charge is -2.07. The lowest BCUT2D eigenvalue weighted by molar-refractivity contribution is 0.412. The van der Waals surface area contributed by atoms with Crippen LogP contribution in [0.15, 0.2) is 29.9 Å². The van der Waals surface area contributed by atoms with Crippen LogP contribution in [-0.4, -0.2) is 22.1 Å². The molecule has 0 spiro atoms. The Hall–Kier alpha value is -1.72. The Labute approximate surface area is 112 Å². The average molecular weight is 278 g/mol. The minimum atomic E-state index is 0.204. The van der Waals surface area contributed by atoms with Crippen LogP contribution in [0.3, 0.4) is 0 Å². The minimum absolute atomic E-state index is 0.204. The van der Waals surface area contributed by atoms with E-state index in [1.54, 1.807) is 24.6 Å². The molecule has 1 aromatic carbocycles. The second-order valence-electron chi connectivity index (χ2n) is 3.59. The molecule has 0 N–H and O–H groups in total. The highest BCUT2D eigenvalue weighted by molar-refractivity contribution is 7.16. The molecule has 0 bridgehead atoms. The lowest BCUT2D eigenvalue weighted by Crippen LogP contribution is -1.93. The van der Waals surface area contributed by atoms with Gasteiger partial charge in [0.2, 0.25) is 5.28 Å². The number of fused-ring (bicyclic) bond motifs is 1. The van der Waals surface area contributed by atoms with E-state index in [0.29, 0.717) is 11.4 Å². The molecular weight excluding hydrogens is 270 g/mol. The summed E-state index contributed by atoms with van der Waals surface area (Å²) in [5.74, 6) is 0.600. The topological polar surface area (TPSA) is 47.9 Å². The summed E-state index contributed by atoms with van der Waals surface area (Å²) in [5.41, 5.74) is 4.42. The molecule has 0 radical (unpaired) electrons. The summed E-state index contributed by atoms with van der Waals surface area (Å²) in [5, 5.41) is 0.204. The number of hydrogen-bond acceptors (Lipinski definition) is 5. The lowest BCUT2D eigenvalue weighted by atomic mass is 10.1. The van der Waals surface area contributed by atoms with Gasteiger partial charge < -0.3 is 4.74 Å². The highest BCUT2D eigenvalue weighted by Crippen LogP contribution is 2.31. The van der Waals surface area contributed by atoms with Crippen molar-refractivity contribution in [3.63, 3.8) is 0 Å². The Balaban J connectivity index is 2.21. The van der Waals surface area contributed by atoms with E-state index >= 15 is 0 Å². The zero-order valence-electron chi connectivity index (χ0n) is 9.42. The van der Waals surface area contributed by atoms with E-state index < -0.39 is 0 Å². The number of halogens is 1. The molecule has 90 valence electrons. The first-order chi connectivity index (χ1) is 8.78. The molecule has 6 heteroatoms. The van der Waals surface area contributed by atoms with Gasteiger partial charge >= 0.3 is 0 Å². The quantitative estimate of drug-likeness (QED) is 0.674. The summed E-state index contributed by atoms with van der Waals surface area (Å²) in [7, 11) is 1.58. The summed E-state index contributed by atoms with van der Waals surface area (Å²) in [6.45, 7) is 0. The highest BCUT2D eigenvalue weighted by Gasteiger charge is 2.10. The van der Waals surface area contributed by atoms with Crippen LogP contribution in [0.2, 0.25) is 5.28 Å². The van der Waals surface area contributed by atoms with Crippen molar-refractivity contribution in [3.05, 3.63) is 35.2 Å². The van der Waals surface area contributed by atoms with E-state index in [4.69, 9.17) is 16.3 Å². The molecular formula is C12H8ClN3OS. The summed E-state index contributed by atoms with van der Waals surface area (Å²) in [4.78, 5) is 12.4. The first-order valence-corrected chi connectivity index (χ1v) is 6.44. The third kappa shape index (κ3) is 1.91. The average Bonchev–Trinajstić information content (AvgIpc) is 2.85. The van der Waals surface area contributed by atoms with Crippen molar-refractivity contribution in [1.29, 1.82) is 0 Å². The first kappa shape index (κ1) is 11.4. The Morgan fingerprint density at radius 1 is 1.28 bits per heavy atom. The Morgan fingerprint density at radius 2 is 2.17 bits per heavy atom. The van der Waals surface area contributed by atoms with Crippen molar-refractivity contribution in [2.75, 3.05) is 7.11 Å². The van der Waals surface area contributed by atoms with Gasteiger partial charge in [-0.05, 0) is 23.7 Å². The van der Waals surface area contributed by atoms with Crippen molar-refractivity contribution in [2.45, 2.75) is 0 Å². The van der Waals surface area contributed by atoms with Gasteiger partial charge in [-0.15, -0.1) is 11.3 Å². The van der Waals surface area contributed by atoms with Crippen molar-refractivity contribution in [3.8, 4) is 17.0 Å². The molecule has 0 aliphatic rings. The number of ether oxygens (including phenoxy) is 1. The van der Waals surface area contributed by atoms with Crippen molar-refractivity contribution in [1.82, 2.24) is 15.0 Å². The van der Waals surface area contributed by atoms with Crippen LogP contribution in [-0.2, 0) is 0 Å². The molecule has 0 amide bonds. The number of benzene rings is 1. The van der Waals surface area contributed by atoms with E-state index in [1.807, 2.05) is 23.7 Å². The molecule has 18 heavy (non-hydrogen) atoms. The summed E-state index contributed by atoms with van der Waals surface area (Å²) in [6, 6.07) is 5.92. The van der Waals surface area contributed by atoms with Gasteiger partial charge in [0.15, 0.2) is 5.75 Å². The molecule has 0 saturated carbocycles. The number of aromatic nitrogens is 3. The predicted octanol–water partition coefficient (Wildman–Crippen LogP) is 3.42. The number of nitrogens with zero attached hydrogens (tertiary/aromatic N) is 3. The molecule has 4 nitrogen and oxygen atoms in total. The Kier molecular flexibility index (Phi) is 2.85. The van der Waals surface area contributed by atoms with E-state index in [9.17, 15) is 0 Å². The minimum Gasteiger partial charge on any atom is -0.493 e. The zero-order chi connectivity index (χ0) is 12.5. The van der Waals surface area contributed by atoms with Crippen molar-refractivity contribution in [2.24, 2.45) is 0 Å². The molecule has 0 unspecified atom stereocenters. The second-order valence-corrected chi connectivity index (χ2v) is 4.82. The molecule has 0 aliphatic heterocycles. The van der Waals surface area contributed by atoms with E-state index in [-0.39, 0.29) is 5.28 Å². The summed E-state index contributed by atoms with van der Waals surface area (Å²) >= 11 is 7.42. The van der Waals surface area contributed by atoms with E-state index in [0.717, 1.165) is 15.8 Å².